The van der Waals surface area contributed by atoms with Crippen molar-refractivity contribution < 1.29 is 19.0 Å². The predicted octanol–water partition coefficient (Wildman–Crippen LogP) is 3.22. The maximum absolute atomic E-state index is 12.0. The summed E-state index contributed by atoms with van der Waals surface area (Å²) in [5.41, 5.74) is 0.782. The Morgan fingerprint density at radius 3 is 2.50 bits per heavy atom. The number of ether oxygens (including phenoxy) is 3. The molecule has 1 aliphatic heterocycles. The number of hydrogen-bond donors (Lipinski definition) is 0. The van der Waals surface area contributed by atoms with Crippen molar-refractivity contribution >= 4 is 6.09 Å². The fourth-order valence-corrected chi connectivity index (χ4v) is 2.60. The molecule has 1 saturated heterocycles. The third-order valence-corrected chi connectivity index (χ3v) is 3.61. The number of carbonyl (C=O) groups excluding carboxylic acids is 1. The normalized spacial score (nSPS) is 20.0. The minimum atomic E-state index is -0.287. The van der Waals surface area contributed by atoms with Gasteiger partial charge < -0.3 is 14.2 Å². The van der Waals surface area contributed by atoms with Crippen molar-refractivity contribution in [1.29, 1.82) is 0 Å². The summed E-state index contributed by atoms with van der Waals surface area (Å²) in [7, 11) is 1.63. The van der Waals surface area contributed by atoms with E-state index in [1.54, 1.807) is 12.0 Å². The molecule has 2 atom stereocenters. The predicted molar refractivity (Wildman–Crippen MR) is 84.0 cm³/mol. The fraction of sp³-hybridized carbons (Fsp3) is 0.588. The first-order valence-corrected chi connectivity index (χ1v) is 7.54. The van der Waals surface area contributed by atoms with Gasteiger partial charge in [0.05, 0.1) is 24.9 Å². The Morgan fingerprint density at radius 1 is 1.32 bits per heavy atom. The Morgan fingerprint density at radius 2 is 1.95 bits per heavy atom. The summed E-state index contributed by atoms with van der Waals surface area (Å²) in [6.07, 6.45) is -0.380. The number of hydrogen-bond acceptors (Lipinski definition) is 4. The molecule has 1 aliphatic rings. The second kappa shape index (κ2) is 6.57. The van der Waals surface area contributed by atoms with Gasteiger partial charge in [0.1, 0.15) is 12.4 Å². The van der Waals surface area contributed by atoms with Crippen LogP contribution in [-0.2, 0) is 16.0 Å². The zero-order chi connectivity index (χ0) is 16.3. The van der Waals surface area contributed by atoms with Crippen LogP contribution in [0.3, 0.4) is 0 Å². The van der Waals surface area contributed by atoms with Gasteiger partial charge in [0.15, 0.2) is 0 Å². The fourth-order valence-electron chi connectivity index (χ4n) is 2.60. The molecule has 22 heavy (non-hydrogen) atoms. The van der Waals surface area contributed by atoms with Crippen molar-refractivity contribution in [3.05, 3.63) is 29.8 Å². The molecule has 1 fully saturated rings. The molecule has 1 unspecified atom stereocenters. The number of methoxy groups -OCH3 is 1. The summed E-state index contributed by atoms with van der Waals surface area (Å²) >= 11 is 0. The van der Waals surface area contributed by atoms with Crippen LogP contribution in [0.1, 0.15) is 33.3 Å². The zero-order valence-corrected chi connectivity index (χ0v) is 14.0. The highest BCUT2D eigenvalue weighted by Crippen LogP contribution is 2.24. The van der Waals surface area contributed by atoms with E-state index in [-0.39, 0.29) is 23.8 Å². The van der Waals surface area contributed by atoms with E-state index in [0.29, 0.717) is 13.2 Å². The Kier molecular flexibility index (Phi) is 4.96. The van der Waals surface area contributed by atoms with Crippen LogP contribution in [0.5, 0.6) is 5.75 Å². The van der Waals surface area contributed by atoms with Crippen LogP contribution in [-0.4, -0.2) is 42.5 Å². The van der Waals surface area contributed by atoms with Crippen molar-refractivity contribution in [2.45, 2.75) is 52.0 Å². The van der Waals surface area contributed by atoms with Gasteiger partial charge >= 0.3 is 6.09 Å². The van der Waals surface area contributed by atoms with Gasteiger partial charge in [-0.3, -0.25) is 4.90 Å². The quantitative estimate of drug-likeness (QED) is 0.838. The smallest absolute Gasteiger partial charge is 0.410 e. The van der Waals surface area contributed by atoms with Gasteiger partial charge in [-0.15, -0.1) is 0 Å². The third-order valence-electron chi connectivity index (χ3n) is 3.61. The highest BCUT2D eigenvalue weighted by atomic mass is 16.6. The van der Waals surface area contributed by atoms with E-state index < -0.39 is 0 Å². The molecule has 5 nitrogen and oxygen atoms in total. The minimum Gasteiger partial charge on any atom is -0.497 e. The van der Waals surface area contributed by atoms with Gasteiger partial charge in [-0.2, -0.15) is 0 Å². The highest BCUT2D eigenvalue weighted by Gasteiger charge is 2.38. The molecule has 0 aromatic heterocycles. The van der Waals surface area contributed by atoms with Crippen LogP contribution in [0, 0.1) is 0 Å². The number of benzene rings is 1. The largest absolute Gasteiger partial charge is 0.497 e. The summed E-state index contributed by atoms with van der Waals surface area (Å²) in [4.78, 5) is 13.7. The third kappa shape index (κ3) is 4.13. The Hall–Kier alpha value is -1.75. The first kappa shape index (κ1) is 16.6. The van der Waals surface area contributed by atoms with Crippen molar-refractivity contribution in [2.75, 3.05) is 13.7 Å². The minimum absolute atomic E-state index is 0.0752. The topological polar surface area (TPSA) is 48.0 Å². The van der Waals surface area contributed by atoms with Gasteiger partial charge in [0, 0.05) is 6.54 Å². The molecule has 1 aromatic rings. The van der Waals surface area contributed by atoms with Crippen LogP contribution in [0.25, 0.3) is 0 Å². The average molecular weight is 307 g/mol. The Balaban J connectivity index is 2.07. The second-order valence-corrected chi connectivity index (χ2v) is 6.56. The molecule has 5 heteroatoms. The molecular weight excluding hydrogens is 282 g/mol. The van der Waals surface area contributed by atoms with Crippen molar-refractivity contribution in [3.8, 4) is 5.75 Å². The van der Waals surface area contributed by atoms with Crippen LogP contribution in [0.2, 0.25) is 0 Å². The number of cyclic esters (lactones) is 1. The van der Waals surface area contributed by atoms with E-state index in [0.717, 1.165) is 11.3 Å². The molecule has 0 bridgehead atoms. The first-order valence-electron chi connectivity index (χ1n) is 7.54. The molecule has 0 saturated carbocycles. The molecule has 122 valence electrons. The van der Waals surface area contributed by atoms with Gasteiger partial charge in [0.25, 0.3) is 0 Å². The van der Waals surface area contributed by atoms with E-state index in [1.165, 1.54) is 0 Å². The number of rotatable bonds is 5. The van der Waals surface area contributed by atoms with Crippen molar-refractivity contribution in [2.24, 2.45) is 0 Å². The zero-order valence-electron chi connectivity index (χ0n) is 14.0. The molecule has 1 amide bonds. The lowest BCUT2D eigenvalue weighted by molar-refractivity contribution is -0.0774. The van der Waals surface area contributed by atoms with E-state index >= 15 is 0 Å². The highest BCUT2D eigenvalue weighted by molar-refractivity contribution is 5.70. The lowest BCUT2D eigenvalue weighted by Crippen LogP contribution is -2.44. The van der Waals surface area contributed by atoms with Crippen LogP contribution >= 0.6 is 0 Å². The van der Waals surface area contributed by atoms with Gasteiger partial charge in [0.2, 0.25) is 0 Å². The molecular formula is C17H25NO4. The maximum atomic E-state index is 12.0. The number of nitrogens with zero attached hydrogens (tertiary/aromatic N) is 1. The summed E-state index contributed by atoms with van der Waals surface area (Å²) in [5.74, 6) is 0.800. The maximum Gasteiger partial charge on any atom is 0.410 e. The lowest BCUT2D eigenvalue weighted by Gasteiger charge is -2.32. The van der Waals surface area contributed by atoms with Gasteiger partial charge in [-0.05, 0) is 45.4 Å². The molecule has 0 N–H and O–H groups in total. The average Bonchev–Trinajstić information content (AvgIpc) is 2.79. The Bertz CT molecular complexity index is 506. The SMILES string of the molecule is COc1ccc(CN2C(=O)OC[C@@H]2C(C)OC(C)(C)C)cc1. The van der Waals surface area contributed by atoms with Crippen LogP contribution < -0.4 is 4.74 Å². The molecule has 0 aliphatic carbocycles. The number of carbonyl (C=O) groups is 1. The summed E-state index contributed by atoms with van der Waals surface area (Å²) in [5, 5.41) is 0. The Labute approximate surface area is 132 Å². The van der Waals surface area contributed by atoms with E-state index in [1.807, 2.05) is 52.0 Å². The lowest BCUT2D eigenvalue weighted by atomic mass is 10.1. The second-order valence-electron chi connectivity index (χ2n) is 6.56. The van der Waals surface area contributed by atoms with E-state index in [9.17, 15) is 4.79 Å². The summed E-state index contributed by atoms with van der Waals surface area (Å²) in [6, 6.07) is 7.61. The standard InChI is InChI=1S/C17H25NO4/c1-12(22-17(2,3)4)15-11-21-16(19)18(15)10-13-6-8-14(20-5)9-7-13/h6-9,12,15H,10-11H2,1-5H3/t12?,15-/m1/s1. The summed E-state index contributed by atoms with van der Waals surface area (Å²) in [6.45, 7) is 8.88. The first-order chi connectivity index (χ1) is 10.3. The van der Waals surface area contributed by atoms with E-state index in [4.69, 9.17) is 14.2 Å². The molecule has 0 spiro atoms. The van der Waals surface area contributed by atoms with E-state index in [2.05, 4.69) is 0 Å². The van der Waals surface area contributed by atoms with Crippen molar-refractivity contribution in [1.82, 2.24) is 4.90 Å². The molecule has 1 aromatic carbocycles. The molecule has 2 rings (SSSR count). The van der Waals surface area contributed by atoms with Crippen LogP contribution in [0.15, 0.2) is 24.3 Å². The molecule has 0 radical (unpaired) electrons. The molecule has 1 heterocycles. The number of amides is 1. The van der Waals surface area contributed by atoms with Crippen molar-refractivity contribution in [3.63, 3.8) is 0 Å². The van der Waals surface area contributed by atoms with Gasteiger partial charge in [-0.1, -0.05) is 12.1 Å². The summed E-state index contributed by atoms with van der Waals surface area (Å²) < 4.78 is 16.3. The van der Waals surface area contributed by atoms with Crippen LogP contribution in [0.4, 0.5) is 4.79 Å². The van der Waals surface area contributed by atoms with Gasteiger partial charge in [-0.25, -0.2) is 4.79 Å². The monoisotopic (exact) mass is 307 g/mol.